The number of hydrogen-bond acceptors (Lipinski definition) is 4. The largest absolute Gasteiger partial charge is 0.324 e. The molecule has 3 amide bonds. The minimum Gasteiger partial charge on any atom is -0.324 e. The third kappa shape index (κ3) is 2.13. The molecule has 3 fully saturated rings. The van der Waals surface area contributed by atoms with Gasteiger partial charge in [-0.1, -0.05) is 17.7 Å². The van der Waals surface area contributed by atoms with Gasteiger partial charge in [-0.25, -0.2) is 9.29 Å². The van der Waals surface area contributed by atoms with Crippen molar-refractivity contribution < 1.29 is 18.8 Å². The SMILES string of the molecule is Cc1c(Cl)cccc1N1C(=O)[C@H]2[C@@H](C1=O)[C@]1(C(=O)Nc3ccc(F)cc31)N1CCC[C@@H]21. The van der Waals surface area contributed by atoms with Crippen LogP contribution in [0, 0.1) is 24.6 Å². The first kappa shape index (κ1) is 19.0. The monoisotopic (exact) mass is 439 g/mol. The molecule has 0 aliphatic carbocycles. The standard InChI is InChI=1S/C23H19ClFN3O3/c1-11-14(24)4-2-5-16(11)28-20(29)18-17-6-3-9-27(17)23(19(18)21(28)30)13-10-12(25)7-8-15(13)26-22(23)31/h2,4-5,7-8,10,17-19H,3,6,9H2,1H3,(H,26,31)/t17-,18+,19-,23+/m0/s1. The zero-order valence-corrected chi connectivity index (χ0v) is 17.4. The molecule has 0 unspecified atom stereocenters. The van der Waals surface area contributed by atoms with E-state index >= 15 is 0 Å². The van der Waals surface area contributed by atoms with Crippen molar-refractivity contribution in [1.29, 1.82) is 0 Å². The highest BCUT2D eigenvalue weighted by Crippen LogP contribution is 2.60. The summed E-state index contributed by atoms with van der Waals surface area (Å²) in [5, 5.41) is 3.30. The molecular formula is C23H19ClFN3O3. The second-order valence-corrected chi connectivity index (χ2v) is 9.12. The number of amides is 3. The fraction of sp³-hybridized carbons (Fsp3) is 0.348. The van der Waals surface area contributed by atoms with Gasteiger partial charge in [0.05, 0.1) is 17.5 Å². The van der Waals surface area contributed by atoms with Gasteiger partial charge in [0.25, 0.3) is 0 Å². The van der Waals surface area contributed by atoms with Gasteiger partial charge in [0.1, 0.15) is 11.4 Å². The van der Waals surface area contributed by atoms with Gasteiger partial charge in [0.15, 0.2) is 0 Å². The molecule has 1 spiro atoms. The molecule has 4 aliphatic heterocycles. The van der Waals surface area contributed by atoms with Crippen molar-refractivity contribution in [2.24, 2.45) is 11.8 Å². The molecule has 6 nitrogen and oxygen atoms in total. The number of anilines is 2. The van der Waals surface area contributed by atoms with E-state index in [0.29, 0.717) is 40.5 Å². The molecule has 0 radical (unpaired) electrons. The number of hydrogen-bond donors (Lipinski definition) is 1. The first-order chi connectivity index (χ1) is 14.9. The van der Waals surface area contributed by atoms with Crippen molar-refractivity contribution >= 4 is 40.7 Å². The van der Waals surface area contributed by atoms with Gasteiger partial charge in [-0.3, -0.25) is 19.3 Å². The summed E-state index contributed by atoms with van der Waals surface area (Å²) >= 11 is 6.26. The second kappa shape index (κ2) is 6.14. The maximum atomic E-state index is 14.3. The summed E-state index contributed by atoms with van der Waals surface area (Å²) in [4.78, 5) is 44.2. The average molecular weight is 440 g/mol. The number of benzene rings is 2. The highest BCUT2D eigenvalue weighted by Gasteiger charge is 2.74. The molecule has 8 heteroatoms. The molecule has 6 rings (SSSR count). The zero-order chi connectivity index (χ0) is 21.7. The first-order valence-electron chi connectivity index (χ1n) is 10.4. The topological polar surface area (TPSA) is 69.7 Å². The van der Waals surface area contributed by atoms with Gasteiger partial charge in [-0.05, 0) is 62.2 Å². The maximum Gasteiger partial charge on any atom is 0.250 e. The molecule has 0 bridgehead atoms. The Bertz CT molecular complexity index is 1200. The Labute approximate surface area is 183 Å². The van der Waals surface area contributed by atoms with Crippen LogP contribution in [0.5, 0.6) is 0 Å². The van der Waals surface area contributed by atoms with Crippen LogP contribution >= 0.6 is 11.6 Å². The quantitative estimate of drug-likeness (QED) is 0.693. The predicted octanol–water partition coefficient (Wildman–Crippen LogP) is 3.22. The third-order valence-electron chi connectivity index (χ3n) is 7.43. The van der Waals surface area contributed by atoms with Crippen molar-refractivity contribution in [1.82, 2.24) is 4.90 Å². The number of carbonyl (C=O) groups is 3. The number of nitrogens with one attached hydrogen (secondary N) is 1. The van der Waals surface area contributed by atoms with E-state index in [1.54, 1.807) is 25.1 Å². The van der Waals surface area contributed by atoms with E-state index in [1.165, 1.54) is 23.1 Å². The zero-order valence-electron chi connectivity index (χ0n) is 16.7. The lowest BCUT2D eigenvalue weighted by molar-refractivity contribution is -0.135. The van der Waals surface area contributed by atoms with Crippen molar-refractivity contribution in [2.45, 2.75) is 31.3 Å². The Morgan fingerprint density at radius 2 is 1.97 bits per heavy atom. The molecule has 4 atom stereocenters. The summed E-state index contributed by atoms with van der Waals surface area (Å²) in [5.74, 6) is -3.15. The van der Waals surface area contributed by atoms with Crippen molar-refractivity contribution in [3.05, 3.63) is 58.4 Å². The van der Waals surface area contributed by atoms with E-state index in [9.17, 15) is 18.8 Å². The summed E-state index contributed by atoms with van der Waals surface area (Å²) < 4.78 is 14.3. The third-order valence-corrected chi connectivity index (χ3v) is 7.84. The summed E-state index contributed by atoms with van der Waals surface area (Å²) in [6.07, 6.45) is 1.52. The van der Waals surface area contributed by atoms with Crippen molar-refractivity contribution in [3.63, 3.8) is 0 Å². The Morgan fingerprint density at radius 1 is 1.16 bits per heavy atom. The fourth-order valence-corrected chi connectivity index (χ4v) is 6.42. The highest BCUT2D eigenvalue weighted by molar-refractivity contribution is 6.32. The Morgan fingerprint density at radius 3 is 2.77 bits per heavy atom. The molecule has 1 N–H and O–H groups in total. The van der Waals surface area contributed by atoms with Gasteiger partial charge in [0.2, 0.25) is 17.7 Å². The van der Waals surface area contributed by atoms with Crippen LogP contribution in [0.15, 0.2) is 36.4 Å². The Hall–Kier alpha value is -2.77. The number of rotatable bonds is 1. The first-order valence-corrected chi connectivity index (χ1v) is 10.8. The lowest BCUT2D eigenvalue weighted by Crippen LogP contribution is -2.54. The molecule has 4 aliphatic rings. The molecular weight excluding hydrogens is 421 g/mol. The molecule has 158 valence electrons. The van der Waals surface area contributed by atoms with Crippen LogP contribution in [-0.2, 0) is 19.9 Å². The van der Waals surface area contributed by atoms with Crippen LogP contribution in [0.25, 0.3) is 0 Å². The van der Waals surface area contributed by atoms with Crippen LogP contribution in [0.3, 0.4) is 0 Å². The van der Waals surface area contributed by atoms with E-state index in [1.807, 2.05) is 4.90 Å². The van der Waals surface area contributed by atoms with Gasteiger partial charge >= 0.3 is 0 Å². The van der Waals surface area contributed by atoms with Crippen molar-refractivity contribution in [3.8, 4) is 0 Å². The van der Waals surface area contributed by atoms with E-state index in [-0.39, 0.29) is 17.9 Å². The number of carbonyl (C=O) groups excluding carboxylic acids is 3. The molecule has 3 saturated heterocycles. The number of imide groups is 1. The van der Waals surface area contributed by atoms with E-state index in [2.05, 4.69) is 5.32 Å². The van der Waals surface area contributed by atoms with Gasteiger partial charge < -0.3 is 5.32 Å². The lowest BCUT2D eigenvalue weighted by Gasteiger charge is -2.36. The summed E-state index contributed by atoms with van der Waals surface area (Å²) in [7, 11) is 0. The smallest absolute Gasteiger partial charge is 0.250 e. The summed E-state index contributed by atoms with van der Waals surface area (Å²) in [6.45, 7) is 2.34. The lowest BCUT2D eigenvalue weighted by atomic mass is 9.75. The molecule has 2 aromatic carbocycles. The minimum atomic E-state index is -1.38. The maximum absolute atomic E-state index is 14.3. The highest BCUT2D eigenvalue weighted by atomic mass is 35.5. The summed E-state index contributed by atoms with van der Waals surface area (Å²) in [6, 6.07) is 8.99. The van der Waals surface area contributed by atoms with Gasteiger partial charge in [0, 0.05) is 22.3 Å². The predicted molar refractivity (Wildman–Crippen MR) is 112 cm³/mol. The second-order valence-electron chi connectivity index (χ2n) is 8.71. The minimum absolute atomic E-state index is 0.245. The normalized spacial score (nSPS) is 31.4. The molecule has 2 aromatic rings. The van der Waals surface area contributed by atoms with Crippen LogP contribution in [-0.4, -0.2) is 35.2 Å². The van der Waals surface area contributed by atoms with Crippen LogP contribution in [0.2, 0.25) is 5.02 Å². The van der Waals surface area contributed by atoms with Gasteiger partial charge in [-0.15, -0.1) is 0 Å². The van der Waals surface area contributed by atoms with Crippen LogP contribution < -0.4 is 10.2 Å². The Balaban J connectivity index is 1.58. The molecule has 0 saturated carbocycles. The summed E-state index contributed by atoms with van der Waals surface area (Å²) in [5.41, 5.74) is 0.634. The Kier molecular flexibility index (Phi) is 3.76. The van der Waals surface area contributed by atoms with E-state index in [0.717, 1.165) is 6.42 Å². The average Bonchev–Trinajstić information content (AvgIpc) is 3.43. The fourth-order valence-electron chi connectivity index (χ4n) is 6.25. The van der Waals surface area contributed by atoms with E-state index < -0.39 is 29.1 Å². The number of nitrogens with zero attached hydrogens (tertiary/aromatic N) is 2. The van der Waals surface area contributed by atoms with Crippen LogP contribution in [0.1, 0.15) is 24.0 Å². The number of fused-ring (bicyclic) bond motifs is 7. The van der Waals surface area contributed by atoms with Gasteiger partial charge in [-0.2, -0.15) is 0 Å². The molecule has 31 heavy (non-hydrogen) atoms. The van der Waals surface area contributed by atoms with Crippen LogP contribution in [0.4, 0.5) is 15.8 Å². The van der Waals surface area contributed by atoms with Crippen molar-refractivity contribution in [2.75, 3.05) is 16.8 Å². The molecule has 4 heterocycles. The number of halogens is 2. The van der Waals surface area contributed by atoms with E-state index in [4.69, 9.17) is 11.6 Å². The molecule has 0 aromatic heterocycles.